The van der Waals surface area contributed by atoms with Crippen LogP contribution >= 0.6 is 33.9 Å². The van der Waals surface area contributed by atoms with Crippen molar-refractivity contribution in [1.29, 1.82) is 0 Å². The Bertz CT molecular complexity index is 1100. The number of aryl methyl sites for hydroxylation is 1. The third kappa shape index (κ3) is 5.64. The summed E-state index contributed by atoms with van der Waals surface area (Å²) in [6.45, 7) is 8.16. The zero-order valence-corrected chi connectivity index (χ0v) is 19.7. The fraction of sp³-hybridized carbons (Fsp3) is 0.389. The second kappa shape index (κ2) is 9.22. The van der Waals surface area contributed by atoms with Crippen molar-refractivity contribution in [2.45, 2.75) is 33.3 Å². The van der Waals surface area contributed by atoms with Crippen LogP contribution in [0.1, 0.15) is 37.0 Å². The average Bonchev–Trinajstić information content (AvgIpc) is 3.27. The third-order valence-corrected chi connectivity index (χ3v) is 5.21. The van der Waals surface area contributed by atoms with Gasteiger partial charge in [0.15, 0.2) is 5.76 Å². The molecule has 0 radical (unpaired) electrons. The molecule has 160 valence electrons. The van der Waals surface area contributed by atoms with Crippen LogP contribution in [0.5, 0.6) is 5.75 Å². The number of carbonyl (C=O) groups excluding carboxylic acids is 1. The summed E-state index contributed by atoms with van der Waals surface area (Å²) < 4.78 is 18.2. The first kappa shape index (κ1) is 22.4. The summed E-state index contributed by atoms with van der Waals surface area (Å²) in [5, 5.41) is 15.4. The van der Waals surface area contributed by atoms with Crippen LogP contribution in [0.4, 0.5) is 5.13 Å². The van der Waals surface area contributed by atoms with Gasteiger partial charge in [-0.25, -0.2) is 9.48 Å². The number of nitrogens with one attached hydrogen (secondary N) is 1. The molecule has 3 aromatic heterocycles. The lowest BCUT2D eigenvalue weighted by Gasteiger charge is -2.19. The van der Waals surface area contributed by atoms with Crippen molar-refractivity contribution < 1.29 is 18.7 Å². The monoisotopic (exact) mass is 545 g/mol. The summed E-state index contributed by atoms with van der Waals surface area (Å²) in [5.41, 5.74) is -0.162. The number of carbonyl (C=O) groups is 1. The lowest BCUT2D eigenvalue weighted by Crippen LogP contribution is -2.23. The molecule has 0 aliphatic rings. The maximum atomic E-state index is 12.5. The van der Waals surface area contributed by atoms with E-state index in [4.69, 9.17) is 13.9 Å². The Morgan fingerprint density at radius 2 is 2.10 bits per heavy atom. The van der Waals surface area contributed by atoms with E-state index in [2.05, 4.69) is 20.6 Å². The maximum Gasteiger partial charge on any atom is 0.380 e. The van der Waals surface area contributed by atoms with E-state index < -0.39 is 11.5 Å². The summed E-state index contributed by atoms with van der Waals surface area (Å²) in [4.78, 5) is 24.7. The number of rotatable bonds is 7. The molecule has 12 heteroatoms. The van der Waals surface area contributed by atoms with E-state index in [-0.39, 0.29) is 28.8 Å². The second-order valence-corrected chi connectivity index (χ2v) is 9.23. The van der Waals surface area contributed by atoms with Crippen molar-refractivity contribution in [3.05, 3.63) is 43.8 Å². The Balaban J connectivity index is 1.66. The fourth-order valence-corrected chi connectivity index (χ4v) is 3.68. The fourth-order valence-electron chi connectivity index (χ4n) is 2.27. The lowest BCUT2D eigenvalue weighted by molar-refractivity contribution is -0.0167. The minimum absolute atomic E-state index is 0.0389. The molecule has 0 aliphatic carbocycles. The van der Waals surface area contributed by atoms with Crippen molar-refractivity contribution in [3.63, 3.8) is 0 Å². The summed E-state index contributed by atoms with van der Waals surface area (Å²) in [7, 11) is 0. The molecule has 3 rings (SSSR count). The molecule has 0 saturated heterocycles. The van der Waals surface area contributed by atoms with Gasteiger partial charge in [0, 0.05) is 18.0 Å². The van der Waals surface area contributed by atoms with Crippen LogP contribution in [0.3, 0.4) is 0 Å². The largest absolute Gasteiger partial charge is 0.483 e. The minimum Gasteiger partial charge on any atom is -0.483 e. The van der Waals surface area contributed by atoms with Gasteiger partial charge in [0.05, 0.1) is 15.8 Å². The Morgan fingerprint density at radius 1 is 1.33 bits per heavy atom. The molecule has 10 nitrogen and oxygen atoms in total. The van der Waals surface area contributed by atoms with Gasteiger partial charge in [0.1, 0.15) is 6.61 Å². The normalized spacial score (nSPS) is 11.5. The molecular formula is C18H20IN5O5S. The first-order chi connectivity index (χ1) is 14.1. The van der Waals surface area contributed by atoms with E-state index in [0.29, 0.717) is 15.3 Å². The highest BCUT2D eigenvalue weighted by Gasteiger charge is 2.19. The van der Waals surface area contributed by atoms with Gasteiger partial charge in [-0.15, -0.1) is 10.2 Å². The summed E-state index contributed by atoms with van der Waals surface area (Å²) >= 11 is 3.06. The molecule has 0 saturated carbocycles. The van der Waals surface area contributed by atoms with Gasteiger partial charge in [-0.2, -0.15) is 5.10 Å². The number of hydrogen-bond acceptors (Lipinski definition) is 9. The van der Waals surface area contributed by atoms with E-state index in [0.717, 1.165) is 17.0 Å². The van der Waals surface area contributed by atoms with Gasteiger partial charge in [0.25, 0.3) is 5.91 Å². The number of anilines is 1. The quantitative estimate of drug-likeness (QED) is 0.355. The van der Waals surface area contributed by atoms with Gasteiger partial charge in [-0.05, 0) is 56.4 Å². The van der Waals surface area contributed by atoms with Gasteiger partial charge in [-0.3, -0.25) is 10.1 Å². The molecule has 0 aromatic carbocycles. The number of halogens is 1. The van der Waals surface area contributed by atoms with E-state index in [1.807, 2.05) is 56.4 Å². The van der Waals surface area contributed by atoms with Crippen LogP contribution in [-0.4, -0.2) is 44.7 Å². The van der Waals surface area contributed by atoms with Gasteiger partial charge in [0.2, 0.25) is 16.0 Å². The zero-order chi connectivity index (χ0) is 21.9. The Hall–Kier alpha value is -2.32. The van der Waals surface area contributed by atoms with Gasteiger partial charge >= 0.3 is 5.63 Å². The van der Waals surface area contributed by atoms with Crippen molar-refractivity contribution >= 4 is 45.0 Å². The SMILES string of the molecule is Cc1ccnn1-c1nnc(NC(=O)c2cc(I)c(OCCOC(C)(C)C)c(=O)o2)s1. The first-order valence-electron chi connectivity index (χ1n) is 8.90. The highest BCUT2D eigenvalue weighted by Crippen LogP contribution is 2.22. The molecule has 0 aliphatic heterocycles. The predicted octanol–water partition coefficient (Wildman–Crippen LogP) is 3.04. The number of ether oxygens (including phenoxy) is 2. The number of nitrogens with zero attached hydrogens (tertiary/aromatic N) is 4. The molecule has 0 bridgehead atoms. The van der Waals surface area contributed by atoms with Crippen molar-refractivity contribution in [2.75, 3.05) is 18.5 Å². The van der Waals surface area contributed by atoms with Crippen LogP contribution in [0.15, 0.2) is 27.5 Å². The predicted molar refractivity (Wildman–Crippen MR) is 119 cm³/mol. The Morgan fingerprint density at radius 3 is 2.73 bits per heavy atom. The highest BCUT2D eigenvalue weighted by atomic mass is 127. The lowest BCUT2D eigenvalue weighted by atomic mass is 10.2. The zero-order valence-electron chi connectivity index (χ0n) is 16.8. The molecule has 0 unspecified atom stereocenters. The first-order valence-corrected chi connectivity index (χ1v) is 10.8. The highest BCUT2D eigenvalue weighted by molar-refractivity contribution is 14.1. The van der Waals surface area contributed by atoms with Crippen LogP contribution in [0.25, 0.3) is 5.13 Å². The standard InChI is InChI=1S/C18H20IN5O5S/c1-10-5-6-20-24(10)17-23-22-16(30-17)21-14(25)12-9-11(19)13(15(26)29-12)27-7-8-28-18(2,3)4/h5-6,9H,7-8H2,1-4H3,(H,21,22,25). The molecule has 3 heterocycles. The average molecular weight is 545 g/mol. The maximum absolute atomic E-state index is 12.5. The molecule has 0 atom stereocenters. The minimum atomic E-state index is -0.743. The molecule has 0 spiro atoms. The van der Waals surface area contributed by atoms with Crippen molar-refractivity contribution in [2.24, 2.45) is 0 Å². The van der Waals surface area contributed by atoms with E-state index in [1.54, 1.807) is 10.9 Å². The molecule has 1 N–H and O–H groups in total. The van der Waals surface area contributed by atoms with E-state index in [1.165, 1.54) is 6.07 Å². The summed E-state index contributed by atoms with van der Waals surface area (Å²) in [5.74, 6) is -0.737. The third-order valence-electron chi connectivity index (χ3n) is 3.60. The molecule has 0 fully saturated rings. The molecule has 30 heavy (non-hydrogen) atoms. The second-order valence-electron chi connectivity index (χ2n) is 7.11. The van der Waals surface area contributed by atoms with Crippen LogP contribution in [0, 0.1) is 10.5 Å². The number of hydrogen-bond donors (Lipinski definition) is 1. The van der Waals surface area contributed by atoms with Crippen LogP contribution < -0.4 is 15.7 Å². The molecule has 1 amide bonds. The smallest absolute Gasteiger partial charge is 0.380 e. The van der Waals surface area contributed by atoms with E-state index >= 15 is 0 Å². The van der Waals surface area contributed by atoms with Gasteiger partial charge in [-0.1, -0.05) is 11.3 Å². The Kier molecular flexibility index (Phi) is 6.88. The topological polar surface area (TPSA) is 121 Å². The number of aromatic nitrogens is 4. The van der Waals surface area contributed by atoms with Crippen molar-refractivity contribution in [3.8, 4) is 10.9 Å². The molecular weight excluding hydrogens is 525 g/mol. The van der Waals surface area contributed by atoms with Gasteiger partial charge < -0.3 is 13.9 Å². The molecule has 3 aromatic rings. The number of amides is 1. The van der Waals surface area contributed by atoms with Crippen molar-refractivity contribution in [1.82, 2.24) is 20.0 Å². The van der Waals surface area contributed by atoms with E-state index in [9.17, 15) is 9.59 Å². The summed E-state index contributed by atoms with van der Waals surface area (Å²) in [6.07, 6.45) is 1.64. The Labute approximate surface area is 189 Å². The summed E-state index contributed by atoms with van der Waals surface area (Å²) in [6, 6.07) is 3.26. The van der Waals surface area contributed by atoms with Crippen LogP contribution in [-0.2, 0) is 4.74 Å². The van der Waals surface area contributed by atoms with Crippen LogP contribution in [0.2, 0.25) is 0 Å².